The molecule has 18 heavy (non-hydrogen) atoms. The standard InChI is InChI=1S/C13H22N4O/c1-2-12-15-11(7-13(18)16-12)9-17-5-3-10(8-14)4-6-17/h7,10H,2-6,8-9,14H2,1H3,(H,15,16,18). The Labute approximate surface area is 107 Å². The van der Waals surface area contributed by atoms with Crippen LogP contribution in [0.2, 0.25) is 0 Å². The number of nitrogens with one attached hydrogen (secondary N) is 1. The minimum atomic E-state index is -0.0475. The Balaban J connectivity index is 1.97. The third-order valence-electron chi connectivity index (χ3n) is 3.60. The van der Waals surface area contributed by atoms with E-state index in [2.05, 4.69) is 14.9 Å². The van der Waals surface area contributed by atoms with Gasteiger partial charge in [-0.2, -0.15) is 0 Å². The molecule has 0 atom stereocenters. The van der Waals surface area contributed by atoms with Crippen molar-refractivity contribution >= 4 is 0 Å². The zero-order valence-electron chi connectivity index (χ0n) is 11.0. The molecule has 1 aromatic heterocycles. The van der Waals surface area contributed by atoms with Crippen LogP contribution in [-0.4, -0.2) is 34.5 Å². The van der Waals surface area contributed by atoms with Crippen LogP contribution in [0.15, 0.2) is 10.9 Å². The number of piperidine rings is 1. The van der Waals surface area contributed by atoms with Crippen LogP contribution < -0.4 is 11.3 Å². The van der Waals surface area contributed by atoms with Gasteiger partial charge >= 0.3 is 0 Å². The fourth-order valence-electron chi connectivity index (χ4n) is 2.42. The SMILES string of the molecule is CCc1nc(CN2CCC(CN)CC2)cc(=O)[nH]1. The maximum atomic E-state index is 11.5. The fraction of sp³-hybridized carbons (Fsp3) is 0.692. The molecule has 1 fully saturated rings. The first kappa shape index (κ1) is 13.2. The number of likely N-dealkylation sites (tertiary alicyclic amines) is 1. The van der Waals surface area contributed by atoms with Crippen LogP contribution >= 0.6 is 0 Å². The highest BCUT2D eigenvalue weighted by Crippen LogP contribution is 2.17. The summed E-state index contributed by atoms with van der Waals surface area (Å²) in [5.41, 5.74) is 6.51. The molecule has 3 N–H and O–H groups in total. The van der Waals surface area contributed by atoms with E-state index in [0.717, 1.165) is 57.0 Å². The van der Waals surface area contributed by atoms with E-state index >= 15 is 0 Å². The van der Waals surface area contributed by atoms with Gasteiger partial charge in [0.1, 0.15) is 5.82 Å². The molecule has 1 saturated heterocycles. The number of aryl methyl sites for hydroxylation is 1. The third-order valence-corrected chi connectivity index (χ3v) is 3.60. The van der Waals surface area contributed by atoms with E-state index < -0.39 is 0 Å². The number of aromatic nitrogens is 2. The van der Waals surface area contributed by atoms with Gasteiger partial charge in [-0.15, -0.1) is 0 Å². The van der Waals surface area contributed by atoms with Gasteiger partial charge in [0.25, 0.3) is 5.56 Å². The molecule has 5 heteroatoms. The average molecular weight is 250 g/mol. The third kappa shape index (κ3) is 3.40. The van der Waals surface area contributed by atoms with E-state index in [1.807, 2.05) is 6.92 Å². The Hall–Kier alpha value is -1.20. The highest BCUT2D eigenvalue weighted by atomic mass is 16.1. The number of nitrogens with zero attached hydrogens (tertiary/aromatic N) is 2. The second-order valence-corrected chi connectivity index (χ2v) is 4.99. The molecule has 2 heterocycles. The van der Waals surface area contributed by atoms with E-state index in [1.54, 1.807) is 6.07 Å². The van der Waals surface area contributed by atoms with E-state index in [0.29, 0.717) is 5.92 Å². The summed E-state index contributed by atoms with van der Waals surface area (Å²) in [5.74, 6) is 1.44. The Morgan fingerprint density at radius 2 is 2.22 bits per heavy atom. The molecule has 0 unspecified atom stereocenters. The van der Waals surface area contributed by atoms with E-state index in [1.165, 1.54) is 0 Å². The molecular formula is C13H22N4O. The zero-order valence-corrected chi connectivity index (χ0v) is 11.0. The Kier molecular flexibility index (Phi) is 4.49. The monoisotopic (exact) mass is 250 g/mol. The highest BCUT2D eigenvalue weighted by Gasteiger charge is 2.18. The van der Waals surface area contributed by atoms with Gasteiger partial charge < -0.3 is 10.7 Å². The second kappa shape index (κ2) is 6.11. The molecule has 1 aliphatic heterocycles. The summed E-state index contributed by atoms with van der Waals surface area (Å²) in [6.45, 7) is 5.66. The van der Waals surface area contributed by atoms with Gasteiger partial charge in [-0.05, 0) is 38.4 Å². The summed E-state index contributed by atoms with van der Waals surface area (Å²) in [6, 6.07) is 1.61. The van der Waals surface area contributed by atoms with Crippen molar-refractivity contribution in [1.29, 1.82) is 0 Å². The normalized spacial score (nSPS) is 18.1. The van der Waals surface area contributed by atoms with Crippen molar-refractivity contribution in [1.82, 2.24) is 14.9 Å². The average Bonchev–Trinajstić information content (AvgIpc) is 2.39. The molecule has 2 rings (SSSR count). The molecule has 1 aromatic rings. The number of hydrogen-bond donors (Lipinski definition) is 2. The van der Waals surface area contributed by atoms with Crippen molar-refractivity contribution in [2.24, 2.45) is 11.7 Å². The van der Waals surface area contributed by atoms with Gasteiger partial charge in [-0.25, -0.2) is 4.98 Å². The van der Waals surface area contributed by atoms with Crippen molar-refractivity contribution < 1.29 is 0 Å². The lowest BCUT2D eigenvalue weighted by molar-refractivity contribution is 0.178. The molecule has 1 aliphatic rings. The Morgan fingerprint density at radius 3 is 2.83 bits per heavy atom. The summed E-state index contributed by atoms with van der Waals surface area (Å²) >= 11 is 0. The molecule has 0 aliphatic carbocycles. The van der Waals surface area contributed by atoms with Crippen molar-refractivity contribution in [3.05, 3.63) is 27.9 Å². The Morgan fingerprint density at radius 1 is 1.50 bits per heavy atom. The summed E-state index contributed by atoms with van der Waals surface area (Å²) in [6.07, 6.45) is 3.07. The minimum Gasteiger partial charge on any atom is -0.330 e. The molecule has 0 saturated carbocycles. The number of H-pyrrole nitrogens is 1. The quantitative estimate of drug-likeness (QED) is 0.816. The predicted molar refractivity (Wildman–Crippen MR) is 71.3 cm³/mol. The lowest BCUT2D eigenvalue weighted by Gasteiger charge is -2.30. The molecule has 100 valence electrons. The molecule has 0 aromatic carbocycles. The molecule has 0 spiro atoms. The number of rotatable bonds is 4. The lowest BCUT2D eigenvalue weighted by atomic mass is 9.97. The number of aromatic amines is 1. The summed E-state index contributed by atoms with van der Waals surface area (Å²) in [7, 11) is 0. The van der Waals surface area contributed by atoms with Crippen molar-refractivity contribution in [2.75, 3.05) is 19.6 Å². The molecule has 5 nitrogen and oxygen atoms in total. The number of nitrogens with two attached hydrogens (primary N) is 1. The largest absolute Gasteiger partial charge is 0.330 e. The van der Waals surface area contributed by atoms with Gasteiger partial charge in [0.2, 0.25) is 0 Å². The number of hydrogen-bond acceptors (Lipinski definition) is 4. The van der Waals surface area contributed by atoms with Crippen LogP contribution in [-0.2, 0) is 13.0 Å². The fourth-order valence-corrected chi connectivity index (χ4v) is 2.42. The van der Waals surface area contributed by atoms with Crippen LogP contribution in [0, 0.1) is 5.92 Å². The Bertz CT molecular complexity index is 435. The van der Waals surface area contributed by atoms with Crippen molar-refractivity contribution in [3.63, 3.8) is 0 Å². The smallest absolute Gasteiger partial charge is 0.251 e. The summed E-state index contributed by atoms with van der Waals surface area (Å²) in [5, 5.41) is 0. The van der Waals surface area contributed by atoms with E-state index in [9.17, 15) is 4.79 Å². The molecule has 0 amide bonds. The minimum absolute atomic E-state index is 0.0475. The van der Waals surface area contributed by atoms with Crippen LogP contribution in [0.3, 0.4) is 0 Å². The van der Waals surface area contributed by atoms with Gasteiger partial charge in [0.05, 0.1) is 5.69 Å². The van der Waals surface area contributed by atoms with Gasteiger partial charge in [-0.1, -0.05) is 6.92 Å². The first-order valence-corrected chi connectivity index (χ1v) is 6.72. The van der Waals surface area contributed by atoms with Gasteiger partial charge in [0.15, 0.2) is 0 Å². The van der Waals surface area contributed by atoms with Crippen LogP contribution in [0.1, 0.15) is 31.3 Å². The van der Waals surface area contributed by atoms with E-state index in [4.69, 9.17) is 5.73 Å². The van der Waals surface area contributed by atoms with Crippen LogP contribution in [0.4, 0.5) is 0 Å². The molecule has 0 bridgehead atoms. The topological polar surface area (TPSA) is 75.0 Å². The first-order chi connectivity index (χ1) is 8.71. The highest BCUT2D eigenvalue weighted by molar-refractivity contribution is 5.03. The van der Waals surface area contributed by atoms with Crippen LogP contribution in [0.25, 0.3) is 0 Å². The molecular weight excluding hydrogens is 228 g/mol. The molecule has 0 radical (unpaired) electrons. The first-order valence-electron chi connectivity index (χ1n) is 6.72. The summed E-state index contributed by atoms with van der Waals surface area (Å²) < 4.78 is 0. The lowest BCUT2D eigenvalue weighted by Crippen LogP contribution is -2.36. The van der Waals surface area contributed by atoms with Gasteiger partial charge in [-0.3, -0.25) is 9.69 Å². The zero-order chi connectivity index (χ0) is 13.0. The predicted octanol–water partition coefficient (Wildman–Crippen LogP) is 0.503. The maximum absolute atomic E-state index is 11.5. The van der Waals surface area contributed by atoms with Crippen molar-refractivity contribution in [2.45, 2.75) is 32.7 Å². The second-order valence-electron chi connectivity index (χ2n) is 4.99. The van der Waals surface area contributed by atoms with Gasteiger partial charge in [0, 0.05) is 19.0 Å². The van der Waals surface area contributed by atoms with Crippen molar-refractivity contribution in [3.8, 4) is 0 Å². The summed E-state index contributed by atoms with van der Waals surface area (Å²) in [4.78, 5) is 21.0. The van der Waals surface area contributed by atoms with Crippen LogP contribution in [0.5, 0.6) is 0 Å². The maximum Gasteiger partial charge on any atom is 0.251 e. The van der Waals surface area contributed by atoms with E-state index in [-0.39, 0.29) is 5.56 Å².